The van der Waals surface area contributed by atoms with Gasteiger partial charge in [-0.15, -0.1) is 11.3 Å². The van der Waals surface area contributed by atoms with Gasteiger partial charge in [-0.25, -0.2) is 9.97 Å². The van der Waals surface area contributed by atoms with Crippen LogP contribution < -0.4 is 5.32 Å². The van der Waals surface area contributed by atoms with Crippen LogP contribution in [0.5, 0.6) is 0 Å². The summed E-state index contributed by atoms with van der Waals surface area (Å²) in [6, 6.07) is 13.2. The van der Waals surface area contributed by atoms with Crippen molar-refractivity contribution < 1.29 is 4.79 Å². The number of carbonyl (C=O) groups is 1. The van der Waals surface area contributed by atoms with E-state index in [1.807, 2.05) is 65.4 Å². The van der Waals surface area contributed by atoms with Crippen molar-refractivity contribution in [3.05, 3.63) is 70.5 Å². The summed E-state index contributed by atoms with van der Waals surface area (Å²) in [7, 11) is 0. The molecule has 4 aromatic rings. The lowest BCUT2D eigenvalue weighted by molar-refractivity contribution is -0.115. The first kappa shape index (κ1) is 16.8. The predicted octanol–water partition coefficient (Wildman–Crippen LogP) is 4.60. The van der Waals surface area contributed by atoms with Crippen LogP contribution in [0.3, 0.4) is 0 Å². The van der Waals surface area contributed by atoms with Gasteiger partial charge in [0.25, 0.3) is 0 Å². The molecule has 5 nitrogen and oxygen atoms in total. The summed E-state index contributed by atoms with van der Waals surface area (Å²) in [6.07, 6.45) is 2.11. The zero-order valence-corrected chi connectivity index (χ0v) is 15.5. The highest BCUT2D eigenvalue weighted by Crippen LogP contribution is 2.26. The average molecular weight is 383 g/mol. The van der Waals surface area contributed by atoms with Gasteiger partial charge in [0.15, 0.2) is 5.13 Å². The summed E-state index contributed by atoms with van der Waals surface area (Å²) in [5.74, 6) is -0.125. The standard InChI is InChI=1S/C19H15ClN4OS/c1-12-11-26-19(21-12)23-17(25)10-15-18(13-5-7-14(20)8-6-13)22-16-4-2-3-9-24(15)16/h2-9,11H,10H2,1H3,(H,21,23,25). The highest BCUT2D eigenvalue weighted by atomic mass is 35.5. The fraction of sp³-hybridized carbons (Fsp3) is 0.105. The SMILES string of the molecule is Cc1csc(NC(=O)Cc2c(-c3ccc(Cl)cc3)nc3ccccn23)n1. The van der Waals surface area contributed by atoms with Crippen molar-refractivity contribution in [2.45, 2.75) is 13.3 Å². The second kappa shape index (κ2) is 6.90. The Morgan fingerprint density at radius 3 is 2.73 bits per heavy atom. The summed E-state index contributed by atoms with van der Waals surface area (Å²) in [6.45, 7) is 1.90. The molecule has 0 aliphatic rings. The Labute approximate surface area is 159 Å². The van der Waals surface area contributed by atoms with Gasteiger partial charge >= 0.3 is 0 Å². The summed E-state index contributed by atoms with van der Waals surface area (Å²) in [4.78, 5) is 21.5. The molecule has 0 spiro atoms. The maximum absolute atomic E-state index is 12.6. The van der Waals surface area contributed by atoms with Crippen LogP contribution in [-0.4, -0.2) is 20.3 Å². The van der Waals surface area contributed by atoms with Crippen molar-refractivity contribution in [1.29, 1.82) is 0 Å². The lowest BCUT2D eigenvalue weighted by Gasteiger charge is -2.06. The van der Waals surface area contributed by atoms with Crippen LogP contribution in [0.25, 0.3) is 16.9 Å². The van der Waals surface area contributed by atoms with E-state index in [4.69, 9.17) is 16.6 Å². The Morgan fingerprint density at radius 2 is 2.00 bits per heavy atom. The van der Waals surface area contributed by atoms with E-state index in [1.165, 1.54) is 11.3 Å². The minimum Gasteiger partial charge on any atom is -0.303 e. The molecule has 26 heavy (non-hydrogen) atoms. The van der Waals surface area contributed by atoms with Crippen molar-refractivity contribution in [3.63, 3.8) is 0 Å². The van der Waals surface area contributed by atoms with E-state index in [0.29, 0.717) is 10.2 Å². The third-order valence-corrected chi connectivity index (χ3v) is 5.07. The first-order chi connectivity index (χ1) is 12.6. The molecule has 0 radical (unpaired) electrons. The number of aryl methyl sites for hydroxylation is 1. The summed E-state index contributed by atoms with van der Waals surface area (Å²) in [5, 5.41) is 6.03. The van der Waals surface area contributed by atoms with Gasteiger partial charge in [0, 0.05) is 22.2 Å². The quantitative estimate of drug-likeness (QED) is 0.561. The normalized spacial score (nSPS) is 11.0. The Kier molecular flexibility index (Phi) is 4.44. The Bertz CT molecular complexity index is 1080. The molecule has 0 atom stereocenters. The van der Waals surface area contributed by atoms with Gasteiger partial charge in [-0.1, -0.05) is 29.8 Å². The lowest BCUT2D eigenvalue weighted by atomic mass is 10.1. The maximum atomic E-state index is 12.6. The van der Waals surface area contributed by atoms with E-state index in [2.05, 4.69) is 10.3 Å². The van der Waals surface area contributed by atoms with Crippen molar-refractivity contribution in [3.8, 4) is 11.3 Å². The predicted molar refractivity (Wildman–Crippen MR) is 105 cm³/mol. The number of hydrogen-bond donors (Lipinski definition) is 1. The summed E-state index contributed by atoms with van der Waals surface area (Å²) >= 11 is 7.41. The smallest absolute Gasteiger partial charge is 0.232 e. The molecule has 0 fully saturated rings. The number of rotatable bonds is 4. The van der Waals surface area contributed by atoms with Gasteiger partial charge in [-0.05, 0) is 31.2 Å². The summed E-state index contributed by atoms with van der Waals surface area (Å²) in [5.41, 5.74) is 4.21. The zero-order chi connectivity index (χ0) is 18.1. The van der Waals surface area contributed by atoms with Gasteiger partial charge in [-0.2, -0.15) is 0 Å². The number of hydrogen-bond acceptors (Lipinski definition) is 4. The molecular formula is C19H15ClN4OS. The number of fused-ring (bicyclic) bond motifs is 1. The first-order valence-electron chi connectivity index (χ1n) is 8.04. The molecule has 0 bridgehead atoms. The van der Waals surface area contributed by atoms with Crippen LogP contribution >= 0.6 is 22.9 Å². The number of nitrogens with one attached hydrogen (secondary N) is 1. The third kappa shape index (κ3) is 3.34. The number of pyridine rings is 1. The summed E-state index contributed by atoms with van der Waals surface area (Å²) < 4.78 is 1.94. The second-order valence-electron chi connectivity index (χ2n) is 5.86. The number of halogens is 1. The van der Waals surface area contributed by atoms with Gasteiger partial charge in [0.2, 0.25) is 5.91 Å². The Morgan fingerprint density at radius 1 is 1.19 bits per heavy atom. The van der Waals surface area contributed by atoms with Crippen LogP contribution in [0.2, 0.25) is 5.02 Å². The van der Waals surface area contributed by atoms with Crippen molar-refractivity contribution in [2.24, 2.45) is 0 Å². The van der Waals surface area contributed by atoms with Crippen LogP contribution in [0.1, 0.15) is 11.4 Å². The van der Waals surface area contributed by atoms with Gasteiger partial charge < -0.3 is 9.72 Å². The van der Waals surface area contributed by atoms with Crippen molar-refractivity contribution in [1.82, 2.24) is 14.4 Å². The molecule has 0 unspecified atom stereocenters. The van der Waals surface area contributed by atoms with E-state index >= 15 is 0 Å². The fourth-order valence-corrected chi connectivity index (χ4v) is 3.61. The van der Waals surface area contributed by atoms with Gasteiger partial charge in [0.1, 0.15) is 5.65 Å². The van der Waals surface area contributed by atoms with Crippen LogP contribution in [0, 0.1) is 6.92 Å². The Balaban J connectivity index is 1.71. The highest BCUT2D eigenvalue weighted by molar-refractivity contribution is 7.13. The monoisotopic (exact) mass is 382 g/mol. The van der Waals surface area contributed by atoms with E-state index in [1.54, 1.807) is 0 Å². The van der Waals surface area contributed by atoms with Crippen molar-refractivity contribution in [2.75, 3.05) is 5.32 Å². The second-order valence-corrected chi connectivity index (χ2v) is 7.16. The van der Waals surface area contributed by atoms with E-state index in [0.717, 1.165) is 28.3 Å². The van der Waals surface area contributed by atoms with Gasteiger partial charge in [-0.3, -0.25) is 4.79 Å². The fourth-order valence-electron chi connectivity index (χ4n) is 2.78. The van der Waals surface area contributed by atoms with E-state index in [-0.39, 0.29) is 12.3 Å². The van der Waals surface area contributed by atoms with Crippen LogP contribution in [0.15, 0.2) is 54.0 Å². The molecule has 4 rings (SSSR count). The van der Waals surface area contributed by atoms with Crippen LogP contribution in [-0.2, 0) is 11.2 Å². The number of imidazole rings is 1. The number of anilines is 1. The topological polar surface area (TPSA) is 59.3 Å². The minimum atomic E-state index is -0.125. The zero-order valence-electron chi connectivity index (χ0n) is 13.9. The van der Waals surface area contributed by atoms with E-state index < -0.39 is 0 Å². The molecule has 3 heterocycles. The number of benzene rings is 1. The van der Waals surface area contributed by atoms with Crippen LogP contribution in [0.4, 0.5) is 5.13 Å². The largest absolute Gasteiger partial charge is 0.303 e. The molecule has 0 saturated carbocycles. The number of aromatic nitrogens is 3. The third-order valence-electron chi connectivity index (χ3n) is 3.94. The molecular weight excluding hydrogens is 368 g/mol. The van der Waals surface area contributed by atoms with Gasteiger partial charge in [0.05, 0.1) is 23.5 Å². The molecule has 1 N–H and O–H groups in total. The number of amides is 1. The lowest BCUT2D eigenvalue weighted by Crippen LogP contribution is -2.16. The molecule has 0 aliphatic heterocycles. The minimum absolute atomic E-state index is 0.125. The average Bonchev–Trinajstić information content (AvgIpc) is 3.19. The number of carbonyl (C=O) groups excluding carboxylic acids is 1. The first-order valence-corrected chi connectivity index (χ1v) is 9.30. The Hall–Kier alpha value is -2.70. The maximum Gasteiger partial charge on any atom is 0.232 e. The molecule has 3 aromatic heterocycles. The molecule has 7 heteroatoms. The molecule has 0 aliphatic carbocycles. The molecule has 0 saturated heterocycles. The van der Waals surface area contributed by atoms with Crippen molar-refractivity contribution >= 4 is 39.6 Å². The van der Waals surface area contributed by atoms with E-state index in [9.17, 15) is 4.79 Å². The number of thiazole rings is 1. The number of nitrogens with zero attached hydrogens (tertiary/aromatic N) is 3. The molecule has 1 amide bonds. The molecule has 1 aromatic carbocycles. The highest BCUT2D eigenvalue weighted by Gasteiger charge is 2.17. The molecule has 130 valence electrons.